The van der Waals surface area contributed by atoms with E-state index in [9.17, 15) is 14.4 Å². The highest BCUT2D eigenvalue weighted by atomic mass is 79.9. The number of carbonyl (C=O) groups excluding carboxylic acids is 3. The van der Waals surface area contributed by atoms with Crippen molar-refractivity contribution in [3.8, 4) is 0 Å². The minimum atomic E-state index is -0.235. The Morgan fingerprint density at radius 2 is 1.79 bits per heavy atom. The van der Waals surface area contributed by atoms with Crippen molar-refractivity contribution in [1.82, 2.24) is 4.90 Å². The monoisotopic (exact) mass is 462 g/mol. The van der Waals surface area contributed by atoms with Crippen LogP contribution in [0.25, 0.3) is 0 Å². The second-order valence-electron chi connectivity index (χ2n) is 8.36. The van der Waals surface area contributed by atoms with Crippen LogP contribution in [0.5, 0.6) is 0 Å². The number of nitrogens with one attached hydrogen (secondary N) is 1. The molecule has 7 heteroatoms. The van der Waals surface area contributed by atoms with Gasteiger partial charge in [0.2, 0.25) is 17.7 Å². The van der Waals surface area contributed by atoms with Crippen molar-refractivity contribution in [3.63, 3.8) is 0 Å². The molecular weight excluding hydrogens is 444 g/mol. The summed E-state index contributed by atoms with van der Waals surface area (Å²) in [5.41, 5.74) is 1.51. The van der Waals surface area contributed by atoms with Crippen molar-refractivity contribution in [2.24, 2.45) is 35.5 Å². The molecule has 1 N–H and O–H groups in total. The fourth-order valence-corrected chi connectivity index (χ4v) is 6.07. The van der Waals surface area contributed by atoms with Crippen LogP contribution in [0.1, 0.15) is 18.4 Å². The van der Waals surface area contributed by atoms with E-state index < -0.39 is 0 Å². The number of likely N-dealkylation sites (tertiary alicyclic amines) is 1. The zero-order chi connectivity index (χ0) is 19.7. The fourth-order valence-electron chi connectivity index (χ4n) is 5.45. The molecule has 0 unspecified atom stereocenters. The predicted octanol–water partition coefficient (Wildman–Crippen LogP) is 3.79. The summed E-state index contributed by atoms with van der Waals surface area (Å²) in [7, 11) is 0. The van der Waals surface area contributed by atoms with Crippen LogP contribution in [-0.4, -0.2) is 29.2 Å². The molecule has 6 rings (SSSR count). The maximum atomic E-state index is 12.9. The molecule has 5 aliphatic rings. The van der Waals surface area contributed by atoms with Gasteiger partial charge in [0, 0.05) is 23.1 Å². The van der Waals surface area contributed by atoms with Gasteiger partial charge in [0.15, 0.2) is 0 Å². The third-order valence-corrected chi connectivity index (χ3v) is 8.06. The minimum Gasteiger partial charge on any atom is -0.326 e. The van der Waals surface area contributed by atoms with Gasteiger partial charge >= 0.3 is 0 Å². The van der Waals surface area contributed by atoms with Gasteiger partial charge in [-0.1, -0.05) is 23.8 Å². The van der Waals surface area contributed by atoms with Crippen LogP contribution < -0.4 is 5.32 Å². The van der Waals surface area contributed by atoms with Gasteiger partial charge in [0.1, 0.15) is 0 Å². The van der Waals surface area contributed by atoms with Gasteiger partial charge in [0.25, 0.3) is 0 Å². The van der Waals surface area contributed by atoms with Gasteiger partial charge in [-0.05, 0) is 70.6 Å². The number of allylic oxidation sites excluding steroid dienone is 2. The summed E-state index contributed by atoms with van der Waals surface area (Å²) in [5, 5.41) is 3.34. The molecular formula is C21H20BrClN2O3. The van der Waals surface area contributed by atoms with E-state index in [1.54, 1.807) is 6.07 Å². The summed E-state index contributed by atoms with van der Waals surface area (Å²) >= 11 is 9.46. The molecule has 0 radical (unpaired) electrons. The van der Waals surface area contributed by atoms with Gasteiger partial charge in [-0.15, -0.1) is 0 Å². The van der Waals surface area contributed by atoms with E-state index >= 15 is 0 Å². The zero-order valence-corrected chi connectivity index (χ0v) is 17.7. The summed E-state index contributed by atoms with van der Waals surface area (Å²) in [4.78, 5) is 39.6. The van der Waals surface area contributed by atoms with Gasteiger partial charge in [-0.2, -0.15) is 0 Å². The second-order valence-corrected chi connectivity index (χ2v) is 9.62. The first-order chi connectivity index (χ1) is 13.4. The molecule has 2 bridgehead atoms. The summed E-state index contributed by atoms with van der Waals surface area (Å²) in [5.74, 6) is 0.767. The molecule has 3 amide bonds. The van der Waals surface area contributed by atoms with Crippen molar-refractivity contribution in [1.29, 1.82) is 0 Å². The number of halogens is 2. The summed E-state index contributed by atoms with van der Waals surface area (Å²) < 4.78 is 0.766. The number of carbonyl (C=O) groups is 3. The van der Waals surface area contributed by atoms with E-state index in [2.05, 4.69) is 33.4 Å². The normalized spacial score (nSPS) is 34.5. The van der Waals surface area contributed by atoms with Crippen LogP contribution in [0.15, 0.2) is 28.8 Å². The van der Waals surface area contributed by atoms with Gasteiger partial charge < -0.3 is 5.32 Å². The molecule has 0 aromatic heterocycles. The molecule has 0 spiro atoms. The van der Waals surface area contributed by atoms with Gasteiger partial charge in [0.05, 0.1) is 16.9 Å². The standard InChI is InChI=1S/C21H20BrClN2O3/c1-9-6-14(22)15(23)8-16(9)24-17(26)4-5-25-20(27)18-10-2-3-11(13-7-12(10)13)19(18)21(25)28/h2-3,6,8,10-13,18-19H,4-5,7H2,1H3,(H,24,26)/t10-,11-,12-,13+,18-,19+/m0/s1. The Morgan fingerprint density at radius 1 is 1.18 bits per heavy atom. The SMILES string of the molecule is Cc1cc(Br)c(Cl)cc1NC(=O)CCN1C(=O)[C@@H]2[C@H]3C=C[C@@H]([C@@H]4C[C@H]34)[C@@H]2C1=O. The van der Waals surface area contributed by atoms with E-state index in [0.717, 1.165) is 16.5 Å². The number of imide groups is 1. The quantitative estimate of drug-likeness (QED) is 0.546. The smallest absolute Gasteiger partial charge is 0.233 e. The summed E-state index contributed by atoms with van der Waals surface area (Å²) in [6.07, 6.45) is 5.54. The molecule has 1 heterocycles. The first kappa shape index (κ1) is 18.4. The molecule has 1 aliphatic heterocycles. The lowest BCUT2D eigenvalue weighted by Crippen LogP contribution is -2.40. The number of anilines is 1. The molecule has 28 heavy (non-hydrogen) atoms. The average molecular weight is 464 g/mol. The van der Waals surface area contributed by atoms with Crippen LogP contribution in [0, 0.1) is 42.4 Å². The van der Waals surface area contributed by atoms with E-state index in [4.69, 9.17) is 11.6 Å². The molecule has 1 aromatic carbocycles. The van der Waals surface area contributed by atoms with E-state index in [1.165, 1.54) is 4.90 Å². The van der Waals surface area contributed by atoms with Crippen molar-refractivity contribution >= 4 is 50.9 Å². The molecule has 4 aliphatic carbocycles. The Bertz CT molecular complexity index is 910. The van der Waals surface area contributed by atoms with Crippen LogP contribution in [0.4, 0.5) is 5.69 Å². The summed E-state index contributed by atoms with van der Waals surface area (Å²) in [6.45, 7) is 2.01. The predicted molar refractivity (Wildman–Crippen MR) is 109 cm³/mol. The van der Waals surface area contributed by atoms with Crippen LogP contribution in [-0.2, 0) is 14.4 Å². The molecule has 2 saturated carbocycles. The van der Waals surface area contributed by atoms with Crippen molar-refractivity contribution in [2.45, 2.75) is 19.8 Å². The summed E-state index contributed by atoms with van der Waals surface area (Å²) in [6, 6.07) is 3.53. The van der Waals surface area contributed by atoms with Crippen LogP contribution in [0.2, 0.25) is 5.02 Å². The van der Waals surface area contributed by atoms with E-state index in [0.29, 0.717) is 22.5 Å². The Labute approximate surface area is 176 Å². The number of nitrogens with zero attached hydrogens (tertiary/aromatic N) is 1. The van der Waals surface area contributed by atoms with Gasteiger partial charge in [-0.3, -0.25) is 19.3 Å². The maximum Gasteiger partial charge on any atom is 0.233 e. The highest BCUT2D eigenvalue weighted by Crippen LogP contribution is 2.65. The first-order valence-corrected chi connectivity index (χ1v) is 10.8. The van der Waals surface area contributed by atoms with E-state index in [1.807, 2.05) is 13.0 Å². The lowest BCUT2D eigenvalue weighted by molar-refractivity contribution is -0.140. The zero-order valence-electron chi connectivity index (χ0n) is 15.3. The third-order valence-electron chi connectivity index (χ3n) is 6.86. The Kier molecular flexibility index (Phi) is 4.22. The Morgan fingerprint density at radius 3 is 2.39 bits per heavy atom. The Balaban J connectivity index is 1.25. The van der Waals surface area contributed by atoms with Crippen LogP contribution >= 0.6 is 27.5 Å². The van der Waals surface area contributed by atoms with E-state index in [-0.39, 0.29) is 54.4 Å². The molecule has 1 saturated heterocycles. The first-order valence-electron chi connectivity index (χ1n) is 9.66. The largest absolute Gasteiger partial charge is 0.326 e. The average Bonchev–Trinajstić information content (AvgIpc) is 3.43. The minimum absolute atomic E-state index is 0.0830. The molecule has 146 valence electrons. The number of rotatable bonds is 4. The topological polar surface area (TPSA) is 66.5 Å². The highest BCUT2D eigenvalue weighted by Gasteiger charge is 2.66. The number of hydrogen-bond acceptors (Lipinski definition) is 3. The van der Waals surface area contributed by atoms with Gasteiger partial charge in [-0.25, -0.2) is 0 Å². The molecule has 5 nitrogen and oxygen atoms in total. The second kappa shape index (κ2) is 6.42. The number of amides is 3. The van der Waals surface area contributed by atoms with Crippen molar-refractivity contribution < 1.29 is 14.4 Å². The van der Waals surface area contributed by atoms with Crippen LogP contribution in [0.3, 0.4) is 0 Å². The highest BCUT2D eigenvalue weighted by molar-refractivity contribution is 9.10. The number of aryl methyl sites for hydroxylation is 1. The third kappa shape index (κ3) is 2.68. The lowest BCUT2D eigenvalue weighted by atomic mass is 9.63. The number of hydrogen-bond donors (Lipinski definition) is 1. The Hall–Kier alpha value is -1.66. The number of benzene rings is 1. The molecule has 6 atom stereocenters. The van der Waals surface area contributed by atoms with Crippen molar-refractivity contribution in [2.75, 3.05) is 11.9 Å². The molecule has 3 fully saturated rings. The van der Waals surface area contributed by atoms with Crippen molar-refractivity contribution in [3.05, 3.63) is 39.3 Å². The molecule has 1 aromatic rings. The lowest BCUT2D eigenvalue weighted by Gasteiger charge is -2.37. The fraction of sp³-hybridized carbons (Fsp3) is 0.476. The maximum absolute atomic E-state index is 12.9.